The van der Waals surface area contributed by atoms with Crippen molar-refractivity contribution in [2.24, 2.45) is 0 Å². The molecule has 0 aliphatic carbocycles. The van der Waals surface area contributed by atoms with E-state index in [0.717, 1.165) is 19.0 Å². The molecule has 0 spiro atoms. The highest BCUT2D eigenvalue weighted by molar-refractivity contribution is 7.96. The van der Waals surface area contributed by atoms with E-state index in [2.05, 4.69) is 90.0 Å². The molecule has 2 aliphatic heterocycles. The van der Waals surface area contributed by atoms with Crippen LogP contribution in [-0.4, -0.2) is 326 Å². The molecule has 1 radical (unpaired) electrons. The summed E-state index contributed by atoms with van der Waals surface area (Å²) in [6.07, 6.45) is -22.2. The van der Waals surface area contributed by atoms with Gasteiger partial charge in [0, 0.05) is 19.7 Å². The quantitative estimate of drug-likeness (QED) is 0.00721. The fourth-order valence-electron chi connectivity index (χ4n) is 7.68. The highest BCUT2D eigenvalue weighted by atomic mass is 32.3. The van der Waals surface area contributed by atoms with Crippen molar-refractivity contribution in [3.63, 3.8) is 0 Å². The molecule has 2 heterocycles. The van der Waals surface area contributed by atoms with Crippen molar-refractivity contribution >= 4 is 174 Å². The van der Waals surface area contributed by atoms with Crippen LogP contribution in [0.15, 0.2) is 12.1 Å². The first-order valence-corrected chi connectivity index (χ1v) is 48.1. The molecule has 1 aromatic rings. The van der Waals surface area contributed by atoms with Crippen molar-refractivity contribution in [2.75, 3.05) is 32.2 Å². The Hall–Kier alpha value is -1.52. The maximum Gasteiger partial charge on any atom is 0.715 e. The number of hydrogen-bond donors (Lipinski definition) is 22. The number of benzene rings is 1. The second-order valence-corrected chi connectivity index (χ2v) is 43.0. The zero-order chi connectivity index (χ0) is 79.5. The summed E-state index contributed by atoms with van der Waals surface area (Å²) in [6.45, 7) is -3.82. The monoisotopic (exact) mass is 1840 g/mol. The van der Waals surface area contributed by atoms with Crippen molar-refractivity contribution in [3.8, 4) is 5.75 Å². The number of phenols is 1. The molecule has 81 heteroatoms. The van der Waals surface area contributed by atoms with E-state index in [4.69, 9.17) is 19.3 Å². The molecule has 2 saturated heterocycles. The van der Waals surface area contributed by atoms with E-state index in [9.17, 15) is 173 Å². The van der Waals surface area contributed by atoms with Crippen molar-refractivity contribution in [2.45, 2.75) is 64.4 Å². The second-order valence-electron chi connectivity index (χ2n) is 18.0. The largest absolute Gasteiger partial charge is 0.715 e. The Morgan fingerprint density at radius 1 is 0.569 bits per heavy atom. The molecule has 2 aliphatic rings. The van der Waals surface area contributed by atoms with Crippen LogP contribution in [0.3, 0.4) is 0 Å². The van der Waals surface area contributed by atoms with Crippen LogP contribution >= 0.6 is 12.0 Å². The third kappa shape index (κ3) is 28.4. The van der Waals surface area contributed by atoms with Crippen LogP contribution in [-0.2, 0) is 197 Å². The van der Waals surface area contributed by atoms with E-state index in [0.29, 0.717) is 13.0 Å². The van der Waals surface area contributed by atoms with Gasteiger partial charge in [-0.25, -0.2) is 63.0 Å². The van der Waals surface area contributed by atoms with Crippen LogP contribution in [0.5, 0.6) is 5.75 Å². The molecule has 0 amide bonds. The van der Waals surface area contributed by atoms with Crippen molar-refractivity contribution in [3.05, 3.63) is 23.3 Å². The Morgan fingerprint density at radius 3 is 1.43 bits per heavy atom. The Kier molecular flexibility index (Phi) is 31.9. The molecule has 2 fully saturated rings. The molecule has 22 N–H and O–H groups in total. The van der Waals surface area contributed by atoms with Crippen LogP contribution < -0.4 is 4.90 Å². The van der Waals surface area contributed by atoms with Gasteiger partial charge >= 0.3 is 157 Å². The molecule has 3 rings (SSSR count). The van der Waals surface area contributed by atoms with Gasteiger partial charge in [-0.05, 0) is 34.7 Å². The van der Waals surface area contributed by atoms with E-state index >= 15 is 0 Å². The number of ether oxygens (including phenoxy) is 2. The first-order chi connectivity index (χ1) is 45.5. The Bertz CT molecular complexity index is 4120. The number of aromatic hydroxyl groups is 1. The second kappa shape index (κ2) is 34.4. The third-order valence-electron chi connectivity index (χ3n) is 10.6. The van der Waals surface area contributed by atoms with Crippen molar-refractivity contribution in [1.82, 2.24) is 0 Å². The number of hydrogen-bond acceptors (Lipinski definition) is 61. The minimum absolute atomic E-state index is 0.262. The van der Waals surface area contributed by atoms with Gasteiger partial charge in [0.05, 0.1) is 30.9 Å². The van der Waals surface area contributed by atoms with Gasteiger partial charge in [0.15, 0.2) is 15.9 Å². The molecule has 601 valence electrons. The van der Waals surface area contributed by atoms with E-state index in [-0.39, 0.29) is 6.07 Å². The highest BCUT2D eigenvalue weighted by Gasteiger charge is 2.73. The van der Waals surface area contributed by atoms with Crippen molar-refractivity contribution < 1.29 is 282 Å². The normalized spacial score (nSPS) is 25.1. The number of rotatable bonds is 43. The van der Waals surface area contributed by atoms with Crippen LogP contribution in [0.2, 0.25) is 0 Å². The number of anilines is 1. The number of aryl methyl sites for hydroxylation is 1. The van der Waals surface area contributed by atoms with Gasteiger partial charge in [0.1, 0.15) is 42.4 Å². The van der Waals surface area contributed by atoms with Gasteiger partial charge < -0.3 is 102 Å². The van der Waals surface area contributed by atoms with Crippen LogP contribution in [0.1, 0.15) is 11.1 Å². The Labute approximate surface area is 578 Å². The van der Waals surface area contributed by atoms with Gasteiger partial charge in [0.2, 0.25) is 4.93 Å². The minimum atomic E-state index is -8.11. The predicted molar refractivity (Wildman–Crippen MR) is 296 cm³/mol. The average Bonchev–Trinajstić information content (AvgIpc) is 0.693. The molecule has 1 aromatic carbocycles. The van der Waals surface area contributed by atoms with Crippen LogP contribution in [0.4, 0.5) is 5.69 Å². The van der Waals surface area contributed by atoms with Crippen molar-refractivity contribution in [1.29, 1.82) is 0 Å². The van der Waals surface area contributed by atoms with Gasteiger partial charge in [0.25, 0.3) is 0 Å². The lowest BCUT2D eigenvalue weighted by molar-refractivity contribution is -0.591. The van der Waals surface area contributed by atoms with Crippen LogP contribution in [0, 0.1) is 6.92 Å². The lowest BCUT2D eigenvalue weighted by Gasteiger charge is -2.49. The molecule has 12 unspecified atom stereocenters. The summed E-state index contributed by atoms with van der Waals surface area (Å²) < 4.78 is 357. The third-order valence-corrected chi connectivity index (χ3v) is 32.9. The molecule has 0 aromatic heterocycles. The molecule has 0 bridgehead atoms. The first-order valence-electron chi connectivity index (χ1n) is 23.3. The van der Waals surface area contributed by atoms with Gasteiger partial charge in [-0.1, -0.05) is 0 Å². The first kappa shape index (κ1) is 94.7. The van der Waals surface area contributed by atoms with E-state index in [1.807, 2.05) is 0 Å². The van der Waals surface area contributed by atoms with Gasteiger partial charge in [-0.3, -0.25) is 18.2 Å². The van der Waals surface area contributed by atoms with E-state index < -0.39 is 262 Å². The molecule has 0 saturated carbocycles. The predicted octanol–water partition coefficient (Wildman–Crippen LogP) is -15.9. The number of nitrogens with zero attached hydrogens (tertiary/aromatic N) is 1. The summed E-state index contributed by atoms with van der Waals surface area (Å²) in [4.78, 5) is 127. The SMILES string of the molecule is Cc1cc(O)c(N(C)C)cc1C1(S(=O)(=O)OO)OC(COS(=O)(=O)O)C(OS(=O)(=O)O)C(OS(=O)(=O)O[Si](O)(O[Si](O)OO[Si](O)(O[Si](O)(O)O[Si](O)(O)O)OS(=O)(=O)OC2C(OS(=O)(=O)O)C(COS(=O)(=O)O)OC(SOOOO)C2S(=O)(=O)OO)O[Si](O)(O)O[Si](O)(O)O)C1S(=O)(=O)OO. The van der Waals surface area contributed by atoms with Gasteiger partial charge in [-0.2, -0.15) is 75.8 Å². The Balaban J connectivity index is 2.47. The maximum absolute atomic E-state index is 14.3. The average molecular weight is 1840 g/mol. The van der Waals surface area contributed by atoms with Gasteiger partial charge in [-0.15, -0.1) is 17.3 Å². The summed E-state index contributed by atoms with van der Waals surface area (Å²) >= 11 is -0.824. The van der Waals surface area contributed by atoms with E-state index in [1.54, 1.807) is 0 Å². The van der Waals surface area contributed by atoms with Crippen LogP contribution in [0.25, 0.3) is 0 Å². The molecule has 64 nitrogen and oxygen atoms in total. The Morgan fingerprint density at radius 2 is 1.01 bits per heavy atom. The molecular formula is C21H46NO63S10Si7. The summed E-state index contributed by atoms with van der Waals surface area (Å²) in [5, 5.41) is 46.7. The van der Waals surface area contributed by atoms with E-state index in [1.165, 1.54) is 0 Å². The number of phenolic OH excluding ortho intramolecular Hbond substituents is 1. The lowest BCUT2D eigenvalue weighted by Crippen LogP contribution is -2.70. The smallest absolute Gasteiger partial charge is 0.506 e. The zero-order valence-electron chi connectivity index (χ0n) is 47.9. The lowest BCUT2D eigenvalue weighted by atomic mass is 9.90. The topological polar surface area (TPSA) is 968 Å². The summed E-state index contributed by atoms with van der Waals surface area (Å²) in [7, 11) is -109. The summed E-state index contributed by atoms with van der Waals surface area (Å²) in [5.74, 6) is -0.981. The zero-order valence-corrected chi connectivity index (χ0v) is 63.0. The molecule has 12 atom stereocenters. The fraction of sp³-hybridized carbons (Fsp3) is 0.714. The highest BCUT2D eigenvalue weighted by Crippen LogP contribution is 2.52. The standard InChI is InChI=1S/C21H46NO63S10Si7/c1-8-4-11(23)10(22(2)3)5-9(8)21(89(32,33)74-27)19(88(30,31)73-26)17(15(68-93(43,44)45)13(66-21)7-64-91(37,38)39)70-95(48,49)80-102(62,85-100(59,60)83-98(54,55)56)81-96(50)77-78-101(61,84-99(57,58)82-97(51,52)53)79-94(46,47)69-16-14(67-92(40,41)42)12(6-63-90(34,35)36)65-20(86-76-75-71-24)18(16)87(28,29)72-25/h4-5,12-20,23-27,50-62H,6-7H2,1-3H3,(H,34,35,36)(H,37,38,39)(H,40,41,42)(H,43,44,45). The summed E-state index contributed by atoms with van der Waals surface area (Å²) in [5.41, 5.74) is -6.34. The minimum Gasteiger partial charge on any atom is -0.506 e. The fourth-order valence-corrected chi connectivity index (χ4v) is 28.6. The maximum atomic E-state index is 14.3. The molecular weight excluding hydrogens is 1790 g/mol. The summed E-state index contributed by atoms with van der Waals surface area (Å²) in [6, 6.07) is 0.689. The molecule has 102 heavy (non-hydrogen) atoms.